The number of benzene rings is 8. The van der Waals surface area contributed by atoms with Crippen molar-refractivity contribution >= 4 is 74.9 Å². The third-order valence-corrected chi connectivity index (χ3v) is 10.7. The fraction of sp³-hybridized carbons (Fsp3) is 0. The lowest BCUT2D eigenvalue weighted by Crippen LogP contribution is -1.93. The van der Waals surface area contributed by atoms with E-state index in [1.807, 2.05) is 11.3 Å². The molecule has 0 saturated heterocycles. The van der Waals surface area contributed by atoms with Crippen LogP contribution in [0, 0.1) is 0 Å². The minimum Gasteiger partial charge on any atom is -0.308 e. The Balaban J connectivity index is 1.26. The number of fused-ring (bicyclic) bond motifs is 8. The van der Waals surface area contributed by atoms with Crippen molar-refractivity contribution in [2.45, 2.75) is 0 Å². The van der Waals surface area contributed by atoms with E-state index in [1.165, 1.54) is 91.5 Å². The van der Waals surface area contributed by atoms with Gasteiger partial charge < -0.3 is 4.57 Å². The summed E-state index contributed by atoms with van der Waals surface area (Å²) < 4.78 is 5.09. The van der Waals surface area contributed by atoms with Gasteiger partial charge in [-0.3, -0.25) is 0 Å². The molecule has 0 bridgehead atoms. The highest BCUT2D eigenvalue weighted by Crippen LogP contribution is 2.47. The molecule has 8 aromatic carbocycles. The van der Waals surface area contributed by atoms with Gasteiger partial charge in [0.2, 0.25) is 0 Å². The van der Waals surface area contributed by atoms with Crippen molar-refractivity contribution in [2.75, 3.05) is 0 Å². The van der Waals surface area contributed by atoms with Gasteiger partial charge in [0.1, 0.15) is 0 Å². The molecule has 0 N–H and O–H groups in total. The average Bonchev–Trinajstić information content (AvgIpc) is 3.65. The van der Waals surface area contributed by atoms with Crippen LogP contribution in [0.2, 0.25) is 0 Å². The van der Waals surface area contributed by atoms with E-state index < -0.39 is 0 Å². The molecule has 0 spiro atoms. The summed E-state index contributed by atoms with van der Waals surface area (Å²) in [4.78, 5) is 0. The molecule has 2 aromatic heterocycles. The zero-order valence-corrected chi connectivity index (χ0v) is 25.8. The molecule has 0 amide bonds. The molecular formula is C44H27NS. The highest BCUT2D eigenvalue weighted by Gasteiger charge is 2.20. The van der Waals surface area contributed by atoms with E-state index in [4.69, 9.17) is 0 Å². The smallest absolute Gasteiger partial charge is 0.0727 e. The van der Waals surface area contributed by atoms with Gasteiger partial charge in [-0.15, -0.1) is 11.3 Å². The zero-order valence-electron chi connectivity index (χ0n) is 24.9. The van der Waals surface area contributed by atoms with E-state index in [-0.39, 0.29) is 0 Å². The maximum atomic E-state index is 2.44. The third-order valence-electron chi connectivity index (χ3n) is 9.55. The Morgan fingerprint density at radius 3 is 1.63 bits per heavy atom. The number of thiophene rings is 1. The molecule has 0 radical (unpaired) electrons. The van der Waals surface area contributed by atoms with E-state index in [2.05, 4.69) is 168 Å². The quantitative estimate of drug-likeness (QED) is 0.178. The highest BCUT2D eigenvalue weighted by molar-refractivity contribution is 7.26. The lowest BCUT2D eigenvalue weighted by molar-refractivity contribution is 1.19. The number of hydrogen-bond acceptors (Lipinski definition) is 1. The van der Waals surface area contributed by atoms with Crippen LogP contribution in [0.3, 0.4) is 0 Å². The fourth-order valence-electron chi connectivity index (χ4n) is 7.56. The molecule has 0 aliphatic heterocycles. The third kappa shape index (κ3) is 3.68. The van der Waals surface area contributed by atoms with Crippen LogP contribution < -0.4 is 0 Å². The monoisotopic (exact) mass is 601 g/mol. The molecular weight excluding hydrogens is 575 g/mol. The molecule has 0 aliphatic carbocycles. The maximum absolute atomic E-state index is 2.44. The SMILES string of the molecule is c1ccc(-n2c3ccccc3c3sc4cc(-c5c6ccccc6c(-c6ccc7ccccc7c6)c6ccccc56)ccc4c32)cc1. The van der Waals surface area contributed by atoms with Crippen LogP contribution in [0.1, 0.15) is 0 Å². The summed E-state index contributed by atoms with van der Waals surface area (Å²) >= 11 is 1.91. The summed E-state index contributed by atoms with van der Waals surface area (Å²) in [7, 11) is 0. The fourth-order valence-corrected chi connectivity index (χ4v) is 8.83. The van der Waals surface area contributed by atoms with Gasteiger partial charge in [0.05, 0.1) is 15.7 Å². The maximum Gasteiger partial charge on any atom is 0.0727 e. The highest BCUT2D eigenvalue weighted by atomic mass is 32.1. The van der Waals surface area contributed by atoms with Gasteiger partial charge in [0, 0.05) is 21.2 Å². The van der Waals surface area contributed by atoms with Crippen molar-refractivity contribution in [3.05, 3.63) is 164 Å². The molecule has 0 unspecified atom stereocenters. The largest absolute Gasteiger partial charge is 0.308 e. The molecule has 10 rings (SSSR count). The Hall–Kier alpha value is -5.70. The first-order chi connectivity index (χ1) is 22.8. The second kappa shape index (κ2) is 9.90. The number of hydrogen-bond donors (Lipinski definition) is 0. The van der Waals surface area contributed by atoms with Crippen LogP contribution in [0.4, 0.5) is 0 Å². The lowest BCUT2D eigenvalue weighted by atomic mass is 9.85. The van der Waals surface area contributed by atoms with Gasteiger partial charge >= 0.3 is 0 Å². The average molecular weight is 602 g/mol. The van der Waals surface area contributed by atoms with Gasteiger partial charge in [0.25, 0.3) is 0 Å². The van der Waals surface area contributed by atoms with Crippen molar-refractivity contribution in [1.82, 2.24) is 4.57 Å². The van der Waals surface area contributed by atoms with Crippen LogP contribution in [0.15, 0.2) is 164 Å². The Morgan fingerprint density at radius 2 is 0.935 bits per heavy atom. The van der Waals surface area contributed by atoms with Gasteiger partial charge in [-0.25, -0.2) is 0 Å². The Morgan fingerprint density at radius 1 is 0.391 bits per heavy atom. The number of rotatable bonds is 3. The van der Waals surface area contributed by atoms with Crippen LogP contribution in [0.5, 0.6) is 0 Å². The molecule has 0 atom stereocenters. The molecule has 0 saturated carbocycles. The van der Waals surface area contributed by atoms with Crippen LogP contribution in [0.25, 0.3) is 91.5 Å². The van der Waals surface area contributed by atoms with Gasteiger partial charge in [-0.1, -0.05) is 133 Å². The van der Waals surface area contributed by atoms with Crippen molar-refractivity contribution in [1.29, 1.82) is 0 Å². The first kappa shape index (κ1) is 25.6. The standard InChI is InChI=1S/C44H27NS/c1-2-14-32(15-3-1)45-39-21-11-10-20-37(39)44-43(45)38-25-24-31(27-40(38)46-44)42-35-18-8-6-16-33(35)41(34-17-7-9-19-36(34)42)30-23-22-28-12-4-5-13-29(28)26-30/h1-27H. The summed E-state index contributed by atoms with van der Waals surface area (Å²) in [5, 5.41) is 10.3. The summed E-state index contributed by atoms with van der Waals surface area (Å²) in [5.74, 6) is 0. The molecule has 0 aliphatic rings. The molecule has 46 heavy (non-hydrogen) atoms. The Bertz CT molecular complexity index is 2740. The number of nitrogens with zero attached hydrogens (tertiary/aromatic N) is 1. The summed E-state index contributed by atoms with van der Waals surface area (Å²) in [6, 6.07) is 60.1. The van der Waals surface area contributed by atoms with E-state index in [0.717, 1.165) is 0 Å². The van der Waals surface area contributed by atoms with E-state index >= 15 is 0 Å². The minimum absolute atomic E-state index is 1.19. The summed E-state index contributed by atoms with van der Waals surface area (Å²) in [5.41, 5.74) is 8.84. The molecule has 2 heterocycles. The number of para-hydroxylation sites is 2. The van der Waals surface area contributed by atoms with E-state index in [1.54, 1.807) is 0 Å². The Labute approximate surface area is 270 Å². The normalized spacial score (nSPS) is 11.9. The number of aromatic nitrogens is 1. The molecule has 10 aromatic rings. The zero-order chi connectivity index (χ0) is 30.2. The molecule has 2 heteroatoms. The first-order valence-electron chi connectivity index (χ1n) is 15.8. The van der Waals surface area contributed by atoms with Crippen molar-refractivity contribution in [2.24, 2.45) is 0 Å². The van der Waals surface area contributed by atoms with E-state index in [9.17, 15) is 0 Å². The van der Waals surface area contributed by atoms with Crippen molar-refractivity contribution < 1.29 is 0 Å². The first-order valence-corrected chi connectivity index (χ1v) is 16.6. The predicted octanol–water partition coefficient (Wildman–Crippen LogP) is 12.8. The summed E-state index contributed by atoms with van der Waals surface area (Å²) in [6.45, 7) is 0. The predicted molar refractivity (Wildman–Crippen MR) is 200 cm³/mol. The van der Waals surface area contributed by atoms with E-state index in [0.29, 0.717) is 0 Å². The van der Waals surface area contributed by atoms with Gasteiger partial charge in [-0.2, -0.15) is 0 Å². The summed E-state index contributed by atoms with van der Waals surface area (Å²) in [6.07, 6.45) is 0. The second-order valence-corrected chi connectivity index (χ2v) is 13.1. The van der Waals surface area contributed by atoms with Crippen LogP contribution >= 0.6 is 11.3 Å². The lowest BCUT2D eigenvalue weighted by Gasteiger charge is -2.18. The van der Waals surface area contributed by atoms with Crippen molar-refractivity contribution in [3.8, 4) is 27.9 Å². The van der Waals surface area contributed by atoms with Gasteiger partial charge in [-0.05, 0) is 84.9 Å². The van der Waals surface area contributed by atoms with Crippen LogP contribution in [-0.2, 0) is 0 Å². The molecule has 1 nitrogen and oxygen atoms in total. The van der Waals surface area contributed by atoms with Crippen molar-refractivity contribution in [3.63, 3.8) is 0 Å². The minimum atomic E-state index is 1.19. The Kier molecular flexibility index (Phi) is 5.51. The van der Waals surface area contributed by atoms with Gasteiger partial charge in [0.15, 0.2) is 0 Å². The second-order valence-electron chi connectivity index (χ2n) is 12.1. The molecule has 0 fully saturated rings. The van der Waals surface area contributed by atoms with Crippen LogP contribution in [-0.4, -0.2) is 4.57 Å². The molecule has 214 valence electrons. The topological polar surface area (TPSA) is 4.93 Å².